The molecule has 0 saturated carbocycles. The van der Waals surface area contributed by atoms with Crippen LogP contribution in [-0.2, 0) is 0 Å². The number of rotatable bonds is 2. The molecule has 0 spiro atoms. The van der Waals surface area contributed by atoms with Crippen LogP contribution in [0.5, 0.6) is 17.2 Å². The van der Waals surface area contributed by atoms with Gasteiger partial charge in [0, 0.05) is 5.39 Å². The molecular weight excluding hydrogens is 272 g/mol. The van der Waals surface area contributed by atoms with Gasteiger partial charge in [-0.05, 0) is 39.5 Å². The first-order chi connectivity index (χ1) is 7.67. The van der Waals surface area contributed by atoms with Crippen LogP contribution in [0.2, 0.25) is 0 Å². The zero-order chi connectivity index (χ0) is 11.7. The van der Waals surface area contributed by atoms with Gasteiger partial charge in [-0.3, -0.25) is 0 Å². The van der Waals surface area contributed by atoms with Crippen molar-refractivity contribution in [3.05, 3.63) is 28.7 Å². The minimum atomic E-state index is 0.207. The van der Waals surface area contributed by atoms with Gasteiger partial charge in [0.2, 0.25) is 0 Å². The third-order valence-corrected chi connectivity index (χ3v) is 3.09. The van der Waals surface area contributed by atoms with Gasteiger partial charge in [0.25, 0.3) is 0 Å². The van der Waals surface area contributed by atoms with Crippen molar-refractivity contribution < 1.29 is 14.6 Å². The summed E-state index contributed by atoms with van der Waals surface area (Å²) in [5.41, 5.74) is 0. The second kappa shape index (κ2) is 4.22. The summed E-state index contributed by atoms with van der Waals surface area (Å²) in [7, 11) is 3.15. The molecule has 4 heteroatoms. The summed E-state index contributed by atoms with van der Waals surface area (Å²) in [4.78, 5) is 0. The van der Waals surface area contributed by atoms with E-state index in [2.05, 4.69) is 15.9 Å². The lowest BCUT2D eigenvalue weighted by atomic mass is 10.1. The van der Waals surface area contributed by atoms with Gasteiger partial charge in [-0.25, -0.2) is 0 Å². The highest BCUT2D eigenvalue weighted by Gasteiger charge is 2.10. The van der Waals surface area contributed by atoms with Crippen LogP contribution in [-0.4, -0.2) is 19.3 Å². The van der Waals surface area contributed by atoms with Crippen molar-refractivity contribution in [1.82, 2.24) is 0 Å². The molecule has 2 aromatic carbocycles. The van der Waals surface area contributed by atoms with Gasteiger partial charge in [0.15, 0.2) is 11.5 Å². The van der Waals surface area contributed by atoms with E-state index in [-0.39, 0.29) is 5.75 Å². The van der Waals surface area contributed by atoms with Crippen molar-refractivity contribution in [3.8, 4) is 17.2 Å². The highest BCUT2D eigenvalue weighted by Crippen LogP contribution is 2.38. The number of methoxy groups -OCH3 is 2. The van der Waals surface area contributed by atoms with Crippen LogP contribution in [0.25, 0.3) is 10.8 Å². The van der Waals surface area contributed by atoms with E-state index >= 15 is 0 Å². The Morgan fingerprint density at radius 3 is 2.31 bits per heavy atom. The molecule has 0 fully saturated rings. The Hall–Kier alpha value is -1.42. The van der Waals surface area contributed by atoms with E-state index in [1.54, 1.807) is 26.4 Å². The van der Waals surface area contributed by atoms with E-state index in [4.69, 9.17) is 9.47 Å². The quantitative estimate of drug-likeness (QED) is 0.918. The van der Waals surface area contributed by atoms with Crippen LogP contribution >= 0.6 is 15.9 Å². The van der Waals surface area contributed by atoms with Crippen molar-refractivity contribution in [2.24, 2.45) is 0 Å². The Labute approximate surface area is 102 Å². The average Bonchev–Trinajstić information content (AvgIpc) is 2.32. The van der Waals surface area contributed by atoms with E-state index in [0.717, 1.165) is 10.8 Å². The van der Waals surface area contributed by atoms with Crippen molar-refractivity contribution in [2.75, 3.05) is 14.2 Å². The van der Waals surface area contributed by atoms with E-state index in [0.29, 0.717) is 16.0 Å². The fourth-order valence-corrected chi connectivity index (χ4v) is 1.95. The van der Waals surface area contributed by atoms with Gasteiger partial charge in [-0.15, -0.1) is 0 Å². The molecule has 84 valence electrons. The maximum atomic E-state index is 9.90. The molecule has 0 bridgehead atoms. The monoisotopic (exact) mass is 282 g/mol. The second-order valence-electron chi connectivity index (χ2n) is 3.32. The Kier molecular flexibility index (Phi) is 2.92. The Balaban J connectivity index is 2.78. The molecule has 0 saturated heterocycles. The van der Waals surface area contributed by atoms with Gasteiger partial charge >= 0.3 is 0 Å². The molecule has 0 amide bonds. The standard InChI is InChI=1S/C12H11BrO3/c1-15-10-5-7-3-4-9(13)12(14)8(7)6-11(10)16-2/h3-6,14H,1-2H3. The van der Waals surface area contributed by atoms with Crippen molar-refractivity contribution in [1.29, 1.82) is 0 Å². The van der Waals surface area contributed by atoms with E-state index in [1.807, 2.05) is 12.1 Å². The molecule has 1 N–H and O–H groups in total. The summed E-state index contributed by atoms with van der Waals surface area (Å²) in [6.45, 7) is 0. The number of ether oxygens (including phenoxy) is 2. The second-order valence-corrected chi connectivity index (χ2v) is 4.18. The summed E-state index contributed by atoms with van der Waals surface area (Å²) in [6.07, 6.45) is 0. The summed E-state index contributed by atoms with van der Waals surface area (Å²) in [5, 5.41) is 11.5. The molecule has 2 rings (SSSR count). The molecule has 0 aromatic heterocycles. The van der Waals surface area contributed by atoms with Crippen LogP contribution in [0.1, 0.15) is 0 Å². The number of phenolic OH excluding ortho intramolecular Hbond substituents is 1. The molecule has 0 aliphatic carbocycles. The Morgan fingerprint density at radius 1 is 1.06 bits per heavy atom. The first kappa shape index (κ1) is 11.1. The Bertz CT molecular complexity index is 537. The summed E-state index contributed by atoms with van der Waals surface area (Å²) >= 11 is 3.28. The topological polar surface area (TPSA) is 38.7 Å². The number of hydrogen-bond acceptors (Lipinski definition) is 3. The summed E-state index contributed by atoms with van der Waals surface area (Å²) < 4.78 is 11.0. The van der Waals surface area contributed by atoms with E-state index in [9.17, 15) is 5.11 Å². The highest BCUT2D eigenvalue weighted by atomic mass is 79.9. The lowest BCUT2D eigenvalue weighted by Crippen LogP contribution is -1.90. The zero-order valence-electron chi connectivity index (χ0n) is 8.95. The van der Waals surface area contributed by atoms with E-state index in [1.165, 1.54) is 0 Å². The number of halogens is 1. The zero-order valence-corrected chi connectivity index (χ0v) is 10.5. The largest absolute Gasteiger partial charge is 0.506 e. The minimum absolute atomic E-state index is 0.207. The molecule has 16 heavy (non-hydrogen) atoms. The first-order valence-electron chi connectivity index (χ1n) is 4.70. The number of hydrogen-bond donors (Lipinski definition) is 1. The van der Waals surface area contributed by atoms with Crippen LogP contribution in [0.3, 0.4) is 0 Å². The van der Waals surface area contributed by atoms with Crippen LogP contribution in [0, 0.1) is 0 Å². The van der Waals surface area contributed by atoms with Gasteiger partial charge in [-0.2, -0.15) is 0 Å². The Morgan fingerprint density at radius 2 is 1.69 bits per heavy atom. The molecule has 3 nitrogen and oxygen atoms in total. The molecule has 0 heterocycles. The summed E-state index contributed by atoms with van der Waals surface area (Å²) in [5.74, 6) is 1.46. The number of phenols is 1. The third-order valence-electron chi connectivity index (χ3n) is 2.45. The van der Waals surface area contributed by atoms with Crippen molar-refractivity contribution in [2.45, 2.75) is 0 Å². The molecule has 2 aromatic rings. The van der Waals surface area contributed by atoms with Gasteiger partial charge < -0.3 is 14.6 Å². The number of fused-ring (bicyclic) bond motifs is 1. The summed E-state index contributed by atoms with van der Waals surface area (Å²) in [6, 6.07) is 7.29. The minimum Gasteiger partial charge on any atom is -0.506 e. The van der Waals surface area contributed by atoms with Crippen LogP contribution in [0.4, 0.5) is 0 Å². The molecule has 0 aliphatic rings. The molecule has 0 unspecified atom stereocenters. The fraction of sp³-hybridized carbons (Fsp3) is 0.167. The molecule has 0 radical (unpaired) electrons. The van der Waals surface area contributed by atoms with Crippen LogP contribution < -0.4 is 9.47 Å². The smallest absolute Gasteiger partial charge is 0.161 e. The van der Waals surface area contributed by atoms with Crippen LogP contribution in [0.15, 0.2) is 28.7 Å². The average molecular weight is 283 g/mol. The fourth-order valence-electron chi connectivity index (χ4n) is 1.61. The predicted octanol–water partition coefficient (Wildman–Crippen LogP) is 3.33. The lowest BCUT2D eigenvalue weighted by molar-refractivity contribution is 0.355. The normalized spacial score (nSPS) is 10.4. The number of aromatic hydroxyl groups is 1. The van der Waals surface area contributed by atoms with Crippen molar-refractivity contribution >= 4 is 26.7 Å². The van der Waals surface area contributed by atoms with Crippen molar-refractivity contribution in [3.63, 3.8) is 0 Å². The molecular formula is C12H11BrO3. The third kappa shape index (κ3) is 1.69. The van der Waals surface area contributed by atoms with E-state index < -0.39 is 0 Å². The molecule has 0 atom stereocenters. The highest BCUT2D eigenvalue weighted by molar-refractivity contribution is 9.10. The van der Waals surface area contributed by atoms with Gasteiger partial charge in [-0.1, -0.05) is 6.07 Å². The number of benzene rings is 2. The first-order valence-corrected chi connectivity index (χ1v) is 5.50. The molecule has 0 aliphatic heterocycles. The van der Waals surface area contributed by atoms with Gasteiger partial charge in [0.05, 0.1) is 18.7 Å². The lowest BCUT2D eigenvalue weighted by Gasteiger charge is -2.10. The van der Waals surface area contributed by atoms with Gasteiger partial charge in [0.1, 0.15) is 5.75 Å². The SMILES string of the molecule is COc1cc2ccc(Br)c(O)c2cc1OC. The predicted molar refractivity (Wildman–Crippen MR) is 66.4 cm³/mol. The maximum Gasteiger partial charge on any atom is 0.161 e. The maximum absolute atomic E-state index is 9.90.